The number of rotatable bonds is 8. The normalized spacial score (nSPS) is 20.2. The van der Waals surface area contributed by atoms with Crippen molar-refractivity contribution in [3.8, 4) is 0 Å². The fourth-order valence-corrected chi connectivity index (χ4v) is 5.29. The van der Waals surface area contributed by atoms with Crippen LogP contribution in [0.5, 0.6) is 0 Å². The number of benzene rings is 1. The molecule has 0 aliphatic heterocycles. The molecule has 2 rings (SSSR count). The minimum Gasteiger partial charge on any atom is -0.384 e. The third kappa shape index (κ3) is 5.66. The molecule has 1 aromatic carbocycles. The lowest BCUT2D eigenvalue weighted by Gasteiger charge is -2.30. The smallest absolute Gasteiger partial charge is 0.384 e. The van der Waals surface area contributed by atoms with E-state index in [1.165, 1.54) is 16.4 Å². The fraction of sp³-hybridized carbons (Fsp3) is 0.650. The van der Waals surface area contributed by atoms with Gasteiger partial charge < -0.3 is 10.6 Å². The highest BCUT2D eigenvalue weighted by atomic mass is 32.2. The number of halogens is 3. The molecule has 0 heterocycles. The molecule has 170 valence electrons. The average Bonchev–Trinajstić information content (AvgIpc) is 2.69. The monoisotopic (exact) mass is 449 g/mol. The van der Waals surface area contributed by atoms with Crippen LogP contribution < -0.4 is 10.6 Å². The highest BCUT2D eigenvalue weighted by Gasteiger charge is 2.43. The molecule has 1 aromatic rings. The molecular formula is C20H30F3N3O3S. The number of carbonyl (C=O) groups excluding carboxylic acids is 1. The highest BCUT2D eigenvalue weighted by Crippen LogP contribution is 2.40. The molecule has 2 N–H and O–H groups in total. The molecule has 0 radical (unpaired) electrons. The van der Waals surface area contributed by atoms with E-state index in [0.717, 1.165) is 0 Å². The third-order valence-corrected chi connectivity index (χ3v) is 7.51. The van der Waals surface area contributed by atoms with Crippen molar-refractivity contribution in [3.63, 3.8) is 0 Å². The van der Waals surface area contributed by atoms with Crippen molar-refractivity contribution in [2.75, 3.05) is 30.3 Å². The summed E-state index contributed by atoms with van der Waals surface area (Å²) in [4.78, 5) is 12.8. The van der Waals surface area contributed by atoms with E-state index in [-0.39, 0.29) is 23.4 Å². The molecule has 0 bridgehead atoms. The Kier molecular flexibility index (Phi) is 8.15. The van der Waals surface area contributed by atoms with E-state index in [1.807, 2.05) is 6.92 Å². The summed E-state index contributed by atoms with van der Waals surface area (Å²) >= 11 is 0. The molecule has 0 aromatic heterocycles. The molecule has 1 saturated carbocycles. The van der Waals surface area contributed by atoms with Gasteiger partial charge in [0.05, 0.1) is 22.2 Å². The molecule has 6 nitrogen and oxygen atoms in total. The van der Waals surface area contributed by atoms with E-state index in [2.05, 4.69) is 10.6 Å². The van der Waals surface area contributed by atoms with Gasteiger partial charge in [-0.15, -0.1) is 0 Å². The van der Waals surface area contributed by atoms with Crippen molar-refractivity contribution in [3.05, 3.63) is 18.2 Å². The SMILES string of the molecule is CCNc1ccc(S(=O)(=O)N(CC)CC)cc1NC(=O)C1CCCC(C(F)(F)F)C1. The van der Waals surface area contributed by atoms with Crippen molar-refractivity contribution in [2.24, 2.45) is 11.8 Å². The Hall–Kier alpha value is -1.81. The van der Waals surface area contributed by atoms with E-state index in [0.29, 0.717) is 38.2 Å². The second kappa shape index (κ2) is 10.00. The van der Waals surface area contributed by atoms with Gasteiger partial charge in [-0.25, -0.2) is 8.42 Å². The summed E-state index contributed by atoms with van der Waals surface area (Å²) in [5.74, 6) is -2.76. The summed E-state index contributed by atoms with van der Waals surface area (Å²) in [5, 5.41) is 5.72. The predicted molar refractivity (Wildman–Crippen MR) is 111 cm³/mol. The van der Waals surface area contributed by atoms with E-state index in [1.54, 1.807) is 19.9 Å². The second-order valence-electron chi connectivity index (χ2n) is 7.42. The Bertz CT molecular complexity index is 839. The van der Waals surface area contributed by atoms with Crippen molar-refractivity contribution >= 4 is 27.3 Å². The minimum atomic E-state index is -4.31. The van der Waals surface area contributed by atoms with Crippen molar-refractivity contribution in [2.45, 2.75) is 57.5 Å². The number of anilines is 2. The van der Waals surface area contributed by atoms with E-state index in [9.17, 15) is 26.4 Å². The maximum Gasteiger partial charge on any atom is 0.391 e. The summed E-state index contributed by atoms with van der Waals surface area (Å²) in [6.07, 6.45) is -3.81. The van der Waals surface area contributed by atoms with Crippen molar-refractivity contribution in [1.29, 1.82) is 0 Å². The van der Waals surface area contributed by atoms with Gasteiger partial charge in [-0.1, -0.05) is 20.3 Å². The van der Waals surface area contributed by atoms with Gasteiger partial charge >= 0.3 is 6.18 Å². The van der Waals surface area contributed by atoms with Gasteiger partial charge in [-0.3, -0.25) is 4.79 Å². The van der Waals surface area contributed by atoms with Crippen LogP contribution in [0.15, 0.2) is 23.1 Å². The molecule has 1 fully saturated rings. The number of nitrogens with one attached hydrogen (secondary N) is 2. The van der Waals surface area contributed by atoms with Gasteiger partial charge in [0.25, 0.3) is 0 Å². The molecule has 0 saturated heterocycles. The topological polar surface area (TPSA) is 78.5 Å². The van der Waals surface area contributed by atoms with Crippen LogP contribution >= 0.6 is 0 Å². The van der Waals surface area contributed by atoms with Crippen LogP contribution in [0.25, 0.3) is 0 Å². The number of alkyl halides is 3. The standard InChI is InChI=1S/C20H30F3N3O3S/c1-4-24-17-11-10-16(30(28,29)26(5-2)6-3)13-18(17)25-19(27)14-8-7-9-15(12-14)20(21,22)23/h10-11,13-15,24H,4-9,12H2,1-3H3,(H,25,27). The summed E-state index contributed by atoms with van der Waals surface area (Å²) < 4.78 is 66.2. The fourth-order valence-electron chi connectivity index (χ4n) is 3.80. The molecule has 1 amide bonds. The summed E-state index contributed by atoms with van der Waals surface area (Å²) in [6, 6.07) is 4.39. The zero-order chi connectivity index (χ0) is 22.5. The zero-order valence-electron chi connectivity index (χ0n) is 17.6. The molecule has 2 unspecified atom stereocenters. The Labute approximate surface area is 176 Å². The van der Waals surface area contributed by atoms with Crippen LogP contribution in [-0.2, 0) is 14.8 Å². The summed E-state index contributed by atoms with van der Waals surface area (Å²) in [5.41, 5.74) is 0.775. The average molecular weight is 450 g/mol. The Balaban J connectivity index is 2.29. The molecular weight excluding hydrogens is 419 g/mol. The first-order valence-corrected chi connectivity index (χ1v) is 11.7. The van der Waals surface area contributed by atoms with E-state index >= 15 is 0 Å². The van der Waals surface area contributed by atoms with Gasteiger partial charge in [0.15, 0.2) is 0 Å². The largest absolute Gasteiger partial charge is 0.391 e. The van der Waals surface area contributed by atoms with Crippen LogP contribution in [-0.4, -0.2) is 44.4 Å². The molecule has 0 spiro atoms. The van der Waals surface area contributed by atoms with Crippen LogP contribution in [0.3, 0.4) is 0 Å². The Morgan fingerprint density at radius 3 is 2.37 bits per heavy atom. The zero-order valence-corrected chi connectivity index (χ0v) is 18.4. The third-order valence-electron chi connectivity index (χ3n) is 5.47. The number of hydrogen-bond donors (Lipinski definition) is 2. The number of sulfonamides is 1. The van der Waals surface area contributed by atoms with Crippen LogP contribution in [0.2, 0.25) is 0 Å². The number of nitrogens with zero attached hydrogens (tertiary/aromatic N) is 1. The maximum atomic E-state index is 13.1. The number of amides is 1. The molecule has 1 aliphatic carbocycles. The lowest BCUT2D eigenvalue weighted by Crippen LogP contribution is -2.34. The molecule has 2 atom stereocenters. The van der Waals surface area contributed by atoms with Gasteiger partial charge in [0, 0.05) is 25.6 Å². The quantitative estimate of drug-likeness (QED) is 0.614. The van der Waals surface area contributed by atoms with Gasteiger partial charge in [0.1, 0.15) is 0 Å². The summed E-state index contributed by atoms with van der Waals surface area (Å²) in [6.45, 7) is 6.45. The van der Waals surface area contributed by atoms with Crippen LogP contribution in [0, 0.1) is 11.8 Å². The lowest BCUT2D eigenvalue weighted by molar-refractivity contribution is -0.185. The second-order valence-corrected chi connectivity index (χ2v) is 9.36. The van der Waals surface area contributed by atoms with Crippen molar-refractivity contribution < 1.29 is 26.4 Å². The Morgan fingerprint density at radius 1 is 1.13 bits per heavy atom. The summed E-state index contributed by atoms with van der Waals surface area (Å²) in [7, 11) is -3.74. The van der Waals surface area contributed by atoms with Crippen LogP contribution in [0.4, 0.5) is 24.5 Å². The molecule has 1 aliphatic rings. The van der Waals surface area contributed by atoms with Crippen LogP contribution in [0.1, 0.15) is 46.5 Å². The first-order chi connectivity index (χ1) is 14.0. The van der Waals surface area contributed by atoms with Gasteiger partial charge in [0.2, 0.25) is 15.9 Å². The molecule has 30 heavy (non-hydrogen) atoms. The lowest BCUT2D eigenvalue weighted by atomic mass is 9.80. The predicted octanol–water partition coefficient (Wildman–Crippen LogP) is 4.46. The first-order valence-electron chi connectivity index (χ1n) is 10.3. The van der Waals surface area contributed by atoms with Gasteiger partial charge in [-0.05, 0) is 44.4 Å². The van der Waals surface area contributed by atoms with Crippen molar-refractivity contribution in [1.82, 2.24) is 4.31 Å². The highest BCUT2D eigenvalue weighted by molar-refractivity contribution is 7.89. The maximum absolute atomic E-state index is 13.1. The Morgan fingerprint density at radius 2 is 1.80 bits per heavy atom. The first kappa shape index (κ1) is 24.5. The van der Waals surface area contributed by atoms with E-state index in [4.69, 9.17) is 0 Å². The van der Waals surface area contributed by atoms with Gasteiger partial charge in [-0.2, -0.15) is 17.5 Å². The number of hydrogen-bond acceptors (Lipinski definition) is 4. The minimum absolute atomic E-state index is 0.0277. The van der Waals surface area contributed by atoms with E-state index < -0.39 is 33.9 Å². The number of carbonyl (C=O) groups is 1. The molecule has 10 heteroatoms.